The summed E-state index contributed by atoms with van der Waals surface area (Å²) in [5, 5.41) is 4.50. The average Bonchev–Trinajstić information content (AvgIpc) is 2.97. The van der Waals surface area contributed by atoms with Gasteiger partial charge < -0.3 is 9.64 Å². The van der Waals surface area contributed by atoms with Crippen molar-refractivity contribution in [3.63, 3.8) is 0 Å². The summed E-state index contributed by atoms with van der Waals surface area (Å²) < 4.78 is 7.11. The third-order valence-electron chi connectivity index (χ3n) is 4.20. The zero-order valence-electron chi connectivity index (χ0n) is 15.1. The molecule has 1 aliphatic rings. The molecular formula is C19H23N3O3. The van der Waals surface area contributed by atoms with Crippen molar-refractivity contribution in [2.45, 2.75) is 46.2 Å². The summed E-state index contributed by atoms with van der Waals surface area (Å²) in [6.45, 7) is 8.90. The largest absolute Gasteiger partial charge is 0.427 e. The van der Waals surface area contributed by atoms with E-state index in [-0.39, 0.29) is 11.4 Å². The first kappa shape index (κ1) is 17.2. The van der Waals surface area contributed by atoms with Gasteiger partial charge in [-0.05, 0) is 39.0 Å². The van der Waals surface area contributed by atoms with E-state index in [1.165, 1.54) is 12.6 Å². The van der Waals surface area contributed by atoms with Gasteiger partial charge in [0, 0.05) is 43.3 Å². The molecule has 3 rings (SSSR count). The van der Waals surface area contributed by atoms with Crippen molar-refractivity contribution in [3.8, 4) is 5.75 Å². The van der Waals surface area contributed by atoms with Gasteiger partial charge in [0.25, 0.3) is 5.91 Å². The Hall–Kier alpha value is -2.63. The summed E-state index contributed by atoms with van der Waals surface area (Å²) in [5.41, 5.74) is 2.74. The van der Waals surface area contributed by atoms with E-state index in [2.05, 4.69) is 25.9 Å². The Morgan fingerprint density at radius 1 is 1.24 bits per heavy atom. The Kier molecular flexibility index (Phi) is 4.37. The van der Waals surface area contributed by atoms with Gasteiger partial charge in [-0.15, -0.1) is 0 Å². The topological polar surface area (TPSA) is 64.4 Å². The highest BCUT2D eigenvalue weighted by Gasteiger charge is 2.28. The second kappa shape index (κ2) is 6.35. The van der Waals surface area contributed by atoms with Gasteiger partial charge in [0.05, 0.1) is 11.7 Å². The summed E-state index contributed by atoms with van der Waals surface area (Å²) in [6.07, 6.45) is 2.64. The van der Waals surface area contributed by atoms with Crippen LogP contribution in [0.1, 0.15) is 49.3 Å². The maximum Gasteiger partial charge on any atom is 0.308 e. The number of nitrogens with zero attached hydrogens (tertiary/aromatic N) is 3. The van der Waals surface area contributed by atoms with Crippen LogP contribution in [0.3, 0.4) is 0 Å². The first-order valence-corrected chi connectivity index (χ1v) is 8.40. The molecule has 6 heteroatoms. The van der Waals surface area contributed by atoms with Gasteiger partial charge in [-0.3, -0.25) is 14.3 Å². The molecule has 0 bridgehead atoms. The molecule has 0 N–H and O–H groups in total. The second-order valence-electron chi connectivity index (χ2n) is 7.30. The summed E-state index contributed by atoms with van der Waals surface area (Å²) in [4.78, 5) is 25.7. The summed E-state index contributed by atoms with van der Waals surface area (Å²) >= 11 is 0. The van der Waals surface area contributed by atoms with Crippen LogP contribution in [0, 0.1) is 0 Å². The van der Waals surface area contributed by atoms with Crippen molar-refractivity contribution < 1.29 is 14.3 Å². The molecule has 1 aromatic carbocycles. The number of aromatic nitrogens is 2. The standard InChI is InChI=1S/C19H23N3O3/c1-13(23)25-16-7-5-6-14(10-16)18(24)21-9-8-17-15(12-21)11-20-22(17)19(2,3)4/h5-7,10-11H,8-9,12H2,1-4H3. The molecule has 0 unspecified atom stereocenters. The maximum absolute atomic E-state index is 12.8. The number of rotatable bonds is 2. The van der Waals surface area contributed by atoms with Crippen LogP contribution in [0.15, 0.2) is 30.5 Å². The van der Waals surface area contributed by atoms with Crippen LogP contribution >= 0.6 is 0 Å². The van der Waals surface area contributed by atoms with E-state index >= 15 is 0 Å². The fraction of sp³-hybridized carbons (Fsp3) is 0.421. The van der Waals surface area contributed by atoms with Gasteiger partial charge in [-0.1, -0.05) is 6.07 Å². The van der Waals surface area contributed by atoms with Crippen LogP contribution in [0.2, 0.25) is 0 Å². The Balaban J connectivity index is 1.79. The fourth-order valence-electron chi connectivity index (χ4n) is 3.12. The molecule has 6 nitrogen and oxygen atoms in total. The highest BCUT2D eigenvalue weighted by atomic mass is 16.5. The molecule has 25 heavy (non-hydrogen) atoms. The number of fused-ring (bicyclic) bond motifs is 1. The molecule has 2 heterocycles. The first-order chi connectivity index (χ1) is 11.8. The molecule has 2 aromatic rings. The third-order valence-corrected chi connectivity index (χ3v) is 4.20. The molecule has 0 aliphatic carbocycles. The van der Waals surface area contributed by atoms with Gasteiger partial charge in [0.15, 0.2) is 0 Å². The first-order valence-electron chi connectivity index (χ1n) is 8.40. The minimum absolute atomic E-state index is 0.0665. The maximum atomic E-state index is 12.8. The van der Waals surface area contributed by atoms with Crippen molar-refractivity contribution in [1.82, 2.24) is 14.7 Å². The zero-order valence-corrected chi connectivity index (χ0v) is 15.1. The molecule has 1 aromatic heterocycles. The van der Waals surface area contributed by atoms with Crippen molar-refractivity contribution in [2.75, 3.05) is 6.54 Å². The number of hydrogen-bond acceptors (Lipinski definition) is 4. The number of ether oxygens (including phenoxy) is 1. The van der Waals surface area contributed by atoms with Crippen LogP contribution in [-0.4, -0.2) is 33.1 Å². The smallest absolute Gasteiger partial charge is 0.308 e. The molecule has 0 radical (unpaired) electrons. The van der Waals surface area contributed by atoms with Gasteiger partial charge >= 0.3 is 5.97 Å². The van der Waals surface area contributed by atoms with Crippen molar-refractivity contribution in [1.29, 1.82) is 0 Å². The second-order valence-corrected chi connectivity index (χ2v) is 7.30. The minimum atomic E-state index is -0.401. The van der Waals surface area contributed by atoms with Crippen LogP contribution in [0.4, 0.5) is 0 Å². The Bertz CT molecular complexity index is 818. The molecule has 0 spiro atoms. The van der Waals surface area contributed by atoms with Crippen molar-refractivity contribution in [2.24, 2.45) is 0 Å². The van der Waals surface area contributed by atoms with Crippen molar-refractivity contribution >= 4 is 11.9 Å². The minimum Gasteiger partial charge on any atom is -0.427 e. The predicted molar refractivity (Wildman–Crippen MR) is 93.4 cm³/mol. The van der Waals surface area contributed by atoms with Crippen LogP contribution in [0.25, 0.3) is 0 Å². The normalized spacial score (nSPS) is 14.2. The highest BCUT2D eigenvalue weighted by Crippen LogP contribution is 2.25. The summed E-state index contributed by atoms with van der Waals surface area (Å²) in [7, 11) is 0. The third kappa shape index (κ3) is 3.57. The van der Waals surface area contributed by atoms with Crippen LogP contribution < -0.4 is 4.74 Å². The lowest BCUT2D eigenvalue weighted by Crippen LogP contribution is -2.37. The highest BCUT2D eigenvalue weighted by molar-refractivity contribution is 5.94. The summed E-state index contributed by atoms with van der Waals surface area (Å²) in [5.74, 6) is -0.0819. The van der Waals surface area contributed by atoms with E-state index in [9.17, 15) is 9.59 Å². The molecular weight excluding hydrogens is 318 g/mol. The lowest BCUT2D eigenvalue weighted by atomic mass is 10.0. The number of hydrogen-bond donors (Lipinski definition) is 0. The lowest BCUT2D eigenvalue weighted by Gasteiger charge is -2.30. The van der Waals surface area contributed by atoms with Crippen LogP contribution in [-0.2, 0) is 23.3 Å². The number of carbonyl (C=O) groups excluding carboxylic acids is 2. The van der Waals surface area contributed by atoms with E-state index in [4.69, 9.17) is 4.74 Å². The molecule has 0 atom stereocenters. The van der Waals surface area contributed by atoms with Crippen LogP contribution in [0.5, 0.6) is 5.75 Å². The Labute approximate surface area is 147 Å². The SMILES string of the molecule is CC(=O)Oc1cccc(C(=O)N2CCc3c(cnn3C(C)(C)C)C2)c1. The quantitative estimate of drug-likeness (QED) is 0.622. The van der Waals surface area contributed by atoms with Gasteiger partial charge in [-0.25, -0.2) is 0 Å². The number of esters is 1. The number of benzene rings is 1. The van der Waals surface area contributed by atoms with Gasteiger partial charge in [-0.2, -0.15) is 5.10 Å². The molecule has 0 fully saturated rings. The summed E-state index contributed by atoms with van der Waals surface area (Å²) in [6, 6.07) is 6.74. The van der Waals surface area contributed by atoms with Gasteiger partial charge in [0.1, 0.15) is 5.75 Å². The Morgan fingerprint density at radius 3 is 2.68 bits per heavy atom. The Morgan fingerprint density at radius 2 is 2.00 bits per heavy atom. The average molecular weight is 341 g/mol. The zero-order chi connectivity index (χ0) is 18.2. The molecule has 0 saturated heterocycles. The molecule has 1 amide bonds. The van der Waals surface area contributed by atoms with E-state index in [0.29, 0.717) is 24.4 Å². The number of amides is 1. The fourth-order valence-corrected chi connectivity index (χ4v) is 3.12. The molecule has 132 valence electrons. The monoisotopic (exact) mass is 341 g/mol. The number of carbonyl (C=O) groups is 2. The molecule has 1 aliphatic heterocycles. The van der Waals surface area contributed by atoms with E-state index in [1.54, 1.807) is 24.3 Å². The van der Waals surface area contributed by atoms with E-state index < -0.39 is 5.97 Å². The van der Waals surface area contributed by atoms with Crippen molar-refractivity contribution in [3.05, 3.63) is 47.3 Å². The van der Waals surface area contributed by atoms with Gasteiger partial charge in [0.2, 0.25) is 0 Å². The van der Waals surface area contributed by atoms with E-state index in [1.807, 2.05) is 15.8 Å². The molecule has 0 saturated carbocycles. The van der Waals surface area contributed by atoms with E-state index in [0.717, 1.165) is 12.0 Å². The predicted octanol–water partition coefficient (Wildman–Crippen LogP) is 2.76. The lowest BCUT2D eigenvalue weighted by molar-refractivity contribution is -0.131.